The fraction of sp³-hybridized carbons (Fsp3) is 0.667. The Morgan fingerprint density at radius 2 is 2.10 bits per heavy atom. The third-order valence-corrected chi connectivity index (χ3v) is 5.66. The third kappa shape index (κ3) is 4.31. The maximum Gasteiger partial charge on any atom is 0.265 e. The quantitative estimate of drug-likeness (QED) is 0.756. The van der Waals surface area contributed by atoms with Crippen molar-refractivity contribution in [3.05, 3.63) is 4.88 Å². The molecule has 1 aromatic heterocycles. The topological polar surface area (TPSA) is 114 Å². The summed E-state index contributed by atoms with van der Waals surface area (Å²) in [5.41, 5.74) is 5.59. The van der Waals surface area contributed by atoms with Gasteiger partial charge >= 0.3 is 0 Å². The monoisotopic (exact) mass is 332 g/mol. The predicted octanol–water partition coefficient (Wildman–Crippen LogP) is 0.853. The molecule has 0 spiro atoms. The largest absolute Gasteiger partial charge is 0.382 e. The van der Waals surface area contributed by atoms with Crippen LogP contribution in [0.1, 0.15) is 36.9 Å². The molecule has 7 nitrogen and oxygen atoms in total. The lowest BCUT2D eigenvalue weighted by Crippen LogP contribution is -2.35. The fourth-order valence-corrected chi connectivity index (χ4v) is 4.70. The molecule has 1 amide bonds. The minimum Gasteiger partial charge on any atom is -0.382 e. The molecule has 1 unspecified atom stereocenters. The Hall–Kier alpha value is -1.35. The van der Waals surface area contributed by atoms with Crippen molar-refractivity contribution < 1.29 is 13.2 Å². The maximum atomic E-state index is 12.2. The molecule has 0 aromatic carbocycles. The third-order valence-electron chi connectivity index (χ3n) is 2.91. The number of anilines is 2. The van der Waals surface area contributed by atoms with Crippen molar-refractivity contribution in [1.29, 1.82) is 0 Å². The summed E-state index contributed by atoms with van der Waals surface area (Å²) in [7, 11) is -3.02. The highest BCUT2D eigenvalue weighted by Crippen LogP contribution is 2.27. The van der Waals surface area contributed by atoms with E-state index in [2.05, 4.69) is 15.6 Å². The summed E-state index contributed by atoms with van der Waals surface area (Å²) < 4.78 is 22.8. The van der Waals surface area contributed by atoms with Gasteiger partial charge in [-0.25, -0.2) is 13.4 Å². The molecule has 1 aromatic rings. The second-order valence-electron chi connectivity index (χ2n) is 6.18. The van der Waals surface area contributed by atoms with Crippen LogP contribution in [0.5, 0.6) is 0 Å². The van der Waals surface area contributed by atoms with Crippen LogP contribution in [-0.2, 0) is 9.84 Å². The van der Waals surface area contributed by atoms with Gasteiger partial charge in [-0.1, -0.05) is 11.3 Å². The Morgan fingerprint density at radius 3 is 2.62 bits per heavy atom. The zero-order chi connectivity index (χ0) is 15.8. The van der Waals surface area contributed by atoms with Crippen LogP contribution in [0.2, 0.25) is 0 Å². The van der Waals surface area contributed by atoms with Gasteiger partial charge in [-0.2, -0.15) is 0 Å². The number of aromatic nitrogens is 1. The number of carbonyl (C=O) groups excluding carboxylic acids is 1. The van der Waals surface area contributed by atoms with Crippen LogP contribution >= 0.6 is 11.3 Å². The minimum absolute atomic E-state index is 0.00938. The minimum atomic E-state index is -3.02. The van der Waals surface area contributed by atoms with Crippen LogP contribution in [0.3, 0.4) is 0 Å². The van der Waals surface area contributed by atoms with Gasteiger partial charge in [0, 0.05) is 11.6 Å². The Labute approximate surface area is 128 Å². The molecule has 0 bridgehead atoms. The number of hydrogen-bond donors (Lipinski definition) is 3. The van der Waals surface area contributed by atoms with Gasteiger partial charge in [0.2, 0.25) is 0 Å². The summed E-state index contributed by atoms with van der Waals surface area (Å²) in [6.07, 6.45) is 0.444. The summed E-state index contributed by atoms with van der Waals surface area (Å²) in [4.78, 5) is 16.6. The summed E-state index contributed by atoms with van der Waals surface area (Å²) in [5, 5.41) is 6.44. The molecular formula is C12H20N4O3S2. The molecule has 0 radical (unpaired) electrons. The highest BCUT2D eigenvalue weighted by molar-refractivity contribution is 7.91. The van der Waals surface area contributed by atoms with Gasteiger partial charge in [0.25, 0.3) is 5.91 Å². The zero-order valence-corrected chi connectivity index (χ0v) is 13.9. The summed E-state index contributed by atoms with van der Waals surface area (Å²) >= 11 is 1.17. The van der Waals surface area contributed by atoms with Crippen LogP contribution in [0.25, 0.3) is 0 Å². The molecule has 21 heavy (non-hydrogen) atoms. The fourth-order valence-electron chi connectivity index (χ4n) is 2.03. The Kier molecular flexibility index (Phi) is 4.16. The van der Waals surface area contributed by atoms with Gasteiger partial charge in [0.05, 0.1) is 11.5 Å². The summed E-state index contributed by atoms with van der Waals surface area (Å²) in [6, 6.07) is -0.344. The first-order valence-corrected chi connectivity index (χ1v) is 9.25. The lowest BCUT2D eigenvalue weighted by Gasteiger charge is -2.19. The Balaban J connectivity index is 2.06. The molecule has 0 aliphatic carbocycles. The molecule has 1 atom stereocenters. The SMILES string of the molecule is CC(C)(C)Nc1nc(N)c(C(=O)NC2CCS(=O)(=O)C2)s1. The maximum absolute atomic E-state index is 12.2. The first-order valence-electron chi connectivity index (χ1n) is 6.61. The van der Waals surface area contributed by atoms with E-state index in [0.717, 1.165) is 0 Å². The second kappa shape index (κ2) is 5.45. The number of rotatable bonds is 3. The van der Waals surface area contributed by atoms with Crippen molar-refractivity contribution in [2.75, 3.05) is 22.6 Å². The molecule has 1 saturated heterocycles. The molecule has 1 aliphatic rings. The van der Waals surface area contributed by atoms with E-state index in [-0.39, 0.29) is 34.8 Å². The molecule has 0 saturated carbocycles. The van der Waals surface area contributed by atoms with Gasteiger partial charge in [0.1, 0.15) is 10.7 Å². The molecule has 118 valence electrons. The molecule has 2 heterocycles. The van der Waals surface area contributed by atoms with E-state index in [9.17, 15) is 13.2 Å². The molecule has 9 heteroatoms. The molecule has 1 fully saturated rings. The Bertz CT molecular complexity index is 646. The van der Waals surface area contributed by atoms with Crippen molar-refractivity contribution in [3.63, 3.8) is 0 Å². The van der Waals surface area contributed by atoms with E-state index in [1.165, 1.54) is 11.3 Å². The van der Waals surface area contributed by atoms with Gasteiger partial charge in [-0.05, 0) is 27.2 Å². The van der Waals surface area contributed by atoms with Crippen LogP contribution in [0.15, 0.2) is 0 Å². The smallest absolute Gasteiger partial charge is 0.265 e. The van der Waals surface area contributed by atoms with Gasteiger partial charge in [-0.15, -0.1) is 0 Å². The number of amides is 1. The van der Waals surface area contributed by atoms with E-state index < -0.39 is 9.84 Å². The van der Waals surface area contributed by atoms with E-state index in [4.69, 9.17) is 5.73 Å². The Morgan fingerprint density at radius 1 is 1.43 bits per heavy atom. The number of nitrogens with zero attached hydrogens (tertiary/aromatic N) is 1. The van der Waals surface area contributed by atoms with Crippen LogP contribution in [0, 0.1) is 0 Å². The average molecular weight is 332 g/mol. The van der Waals surface area contributed by atoms with E-state index in [1.807, 2.05) is 20.8 Å². The van der Waals surface area contributed by atoms with Crippen molar-refractivity contribution in [1.82, 2.24) is 10.3 Å². The van der Waals surface area contributed by atoms with Gasteiger partial charge in [-0.3, -0.25) is 4.79 Å². The lowest BCUT2D eigenvalue weighted by atomic mass is 10.1. The standard InChI is InChI=1S/C12H20N4O3S2/c1-12(2,3)16-11-15-9(13)8(20-11)10(17)14-7-4-5-21(18,19)6-7/h7H,4-6,13H2,1-3H3,(H,14,17)(H,15,16). The first kappa shape index (κ1) is 16.0. The number of sulfone groups is 1. The van der Waals surface area contributed by atoms with Gasteiger partial charge < -0.3 is 16.4 Å². The van der Waals surface area contributed by atoms with Crippen molar-refractivity contribution >= 4 is 38.0 Å². The average Bonchev–Trinajstić information content (AvgIpc) is 2.79. The van der Waals surface area contributed by atoms with Crippen molar-refractivity contribution in [2.45, 2.75) is 38.8 Å². The number of nitrogens with one attached hydrogen (secondary N) is 2. The van der Waals surface area contributed by atoms with E-state index in [1.54, 1.807) is 0 Å². The van der Waals surface area contributed by atoms with Crippen LogP contribution in [0.4, 0.5) is 10.9 Å². The van der Waals surface area contributed by atoms with Crippen LogP contribution < -0.4 is 16.4 Å². The van der Waals surface area contributed by atoms with Crippen molar-refractivity contribution in [2.24, 2.45) is 0 Å². The predicted molar refractivity (Wildman–Crippen MR) is 84.4 cm³/mol. The highest BCUT2D eigenvalue weighted by atomic mass is 32.2. The molecule has 1 aliphatic heterocycles. The highest BCUT2D eigenvalue weighted by Gasteiger charge is 2.30. The van der Waals surface area contributed by atoms with E-state index in [0.29, 0.717) is 16.4 Å². The molecule has 2 rings (SSSR count). The lowest BCUT2D eigenvalue weighted by molar-refractivity contribution is 0.0946. The normalized spacial score (nSPS) is 21.2. The van der Waals surface area contributed by atoms with Crippen molar-refractivity contribution in [3.8, 4) is 0 Å². The van der Waals surface area contributed by atoms with Crippen LogP contribution in [-0.4, -0.2) is 42.4 Å². The zero-order valence-electron chi connectivity index (χ0n) is 12.3. The second-order valence-corrected chi connectivity index (χ2v) is 9.41. The molecule has 4 N–H and O–H groups in total. The summed E-state index contributed by atoms with van der Waals surface area (Å²) in [6.45, 7) is 5.94. The molecular weight excluding hydrogens is 312 g/mol. The number of carbonyl (C=O) groups is 1. The van der Waals surface area contributed by atoms with Gasteiger partial charge in [0.15, 0.2) is 15.0 Å². The number of thiazole rings is 1. The van der Waals surface area contributed by atoms with E-state index >= 15 is 0 Å². The summed E-state index contributed by atoms with van der Waals surface area (Å²) in [5.74, 6) is -0.100. The first-order chi connectivity index (χ1) is 9.56. The number of hydrogen-bond acceptors (Lipinski definition) is 7. The number of nitrogens with two attached hydrogens (primary N) is 1. The number of nitrogen functional groups attached to an aromatic ring is 1.